The van der Waals surface area contributed by atoms with Crippen LogP contribution in [0.4, 0.5) is 13.2 Å². The summed E-state index contributed by atoms with van der Waals surface area (Å²) in [5.41, 5.74) is 1.34. The summed E-state index contributed by atoms with van der Waals surface area (Å²) in [7, 11) is 0. The van der Waals surface area contributed by atoms with Crippen molar-refractivity contribution >= 4 is 16.9 Å². The van der Waals surface area contributed by atoms with Crippen LogP contribution in [-0.4, -0.2) is 46.8 Å². The number of carbonyl (C=O) groups is 1. The second kappa shape index (κ2) is 9.55. The number of halogens is 3. The SMILES string of the molecule is O=C(CCc1ccc2c(c1)OCO2)N1CCC(n2c(C3CCCO3)nc3cc(C(F)(F)F)ccc32)CC1. The van der Waals surface area contributed by atoms with Crippen LogP contribution < -0.4 is 9.47 Å². The number of rotatable bonds is 5. The van der Waals surface area contributed by atoms with Crippen LogP contribution in [-0.2, 0) is 22.1 Å². The second-order valence-electron chi connectivity index (χ2n) is 9.84. The summed E-state index contributed by atoms with van der Waals surface area (Å²) in [4.78, 5) is 19.5. The van der Waals surface area contributed by atoms with Crippen molar-refractivity contribution in [1.82, 2.24) is 14.5 Å². The van der Waals surface area contributed by atoms with E-state index in [1.54, 1.807) is 0 Å². The van der Waals surface area contributed by atoms with E-state index >= 15 is 0 Å². The van der Waals surface area contributed by atoms with Crippen molar-refractivity contribution in [2.45, 2.75) is 56.8 Å². The summed E-state index contributed by atoms with van der Waals surface area (Å²) in [5.74, 6) is 2.23. The zero-order valence-corrected chi connectivity index (χ0v) is 20.3. The third kappa shape index (κ3) is 4.74. The van der Waals surface area contributed by atoms with Gasteiger partial charge in [0.2, 0.25) is 12.7 Å². The monoisotopic (exact) mass is 515 g/mol. The molecule has 1 atom stereocenters. The van der Waals surface area contributed by atoms with Gasteiger partial charge in [0.15, 0.2) is 11.5 Å². The van der Waals surface area contributed by atoms with Crippen LogP contribution >= 0.6 is 0 Å². The molecule has 7 nitrogen and oxygen atoms in total. The van der Waals surface area contributed by atoms with E-state index in [2.05, 4.69) is 9.55 Å². The van der Waals surface area contributed by atoms with Crippen molar-refractivity contribution in [3.05, 3.63) is 53.3 Å². The van der Waals surface area contributed by atoms with Gasteiger partial charge in [-0.25, -0.2) is 4.98 Å². The van der Waals surface area contributed by atoms with Crippen molar-refractivity contribution in [2.75, 3.05) is 26.5 Å². The van der Waals surface area contributed by atoms with E-state index in [4.69, 9.17) is 14.2 Å². The molecule has 0 radical (unpaired) electrons. The number of aromatic nitrogens is 2. The predicted molar refractivity (Wildman–Crippen MR) is 128 cm³/mol. The Morgan fingerprint density at radius 2 is 1.84 bits per heavy atom. The normalized spacial score (nSPS) is 20.2. The molecule has 196 valence electrons. The molecule has 0 bridgehead atoms. The lowest BCUT2D eigenvalue weighted by Crippen LogP contribution is -2.39. The Bertz CT molecular complexity index is 1310. The molecule has 2 saturated heterocycles. The Kier molecular flexibility index (Phi) is 6.22. The number of amides is 1. The number of alkyl halides is 3. The number of piperidine rings is 1. The highest BCUT2D eigenvalue weighted by atomic mass is 19.4. The minimum absolute atomic E-state index is 0.0406. The third-order valence-electron chi connectivity index (χ3n) is 7.51. The fourth-order valence-corrected chi connectivity index (χ4v) is 5.57. The van der Waals surface area contributed by atoms with Gasteiger partial charge in [-0.2, -0.15) is 13.2 Å². The Labute approximate surface area is 212 Å². The van der Waals surface area contributed by atoms with Gasteiger partial charge in [-0.1, -0.05) is 6.07 Å². The molecule has 6 rings (SSSR count). The van der Waals surface area contributed by atoms with Crippen LogP contribution in [0.1, 0.15) is 61.2 Å². The fourth-order valence-electron chi connectivity index (χ4n) is 5.57. The summed E-state index contributed by atoms with van der Waals surface area (Å²) < 4.78 is 58.7. The minimum atomic E-state index is -4.42. The summed E-state index contributed by atoms with van der Waals surface area (Å²) in [6.45, 7) is 2.03. The number of nitrogens with zero attached hydrogens (tertiary/aromatic N) is 3. The molecule has 1 unspecified atom stereocenters. The fraction of sp³-hybridized carbons (Fsp3) is 0.481. The molecule has 1 aromatic heterocycles. The van der Waals surface area contributed by atoms with E-state index < -0.39 is 11.7 Å². The molecule has 10 heteroatoms. The lowest BCUT2D eigenvalue weighted by molar-refractivity contribution is -0.137. The van der Waals surface area contributed by atoms with E-state index in [1.807, 2.05) is 23.1 Å². The number of benzene rings is 2. The second-order valence-corrected chi connectivity index (χ2v) is 9.84. The topological polar surface area (TPSA) is 65.8 Å². The number of fused-ring (bicyclic) bond motifs is 2. The number of hydrogen-bond donors (Lipinski definition) is 0. The van der Waals surface area contributed by atoms with Crippen LogP contribution in [0, 0.1) is 0 Å². The Morgan fingerprint density at radius 3 is 2.59 bits per heavy atom. The smallest absolute Gasteiger partial charge is 0.416 e. The van der Waals surface area contributed by atoms with Gasteiger partial charge >= 0.3 is 6.18 Å². The van der Waals surface area contributed by atoms with E-state index in [0.717, 1.165) is 36.3 Å². The van der Waals surface area contributed by atoms with Gasteiger partial charge in [0, 0.05) is 32.2 Å². The first-order chi connectivity index (χ1) is 17.9. The molecule has 3 aromatic rings. The van der Waals surface area contributed by atoms with Crippen LogP contribution in [0.5, 0.6) is 11.5 Å². The van der Waals surface area contributed by atoms with Crippen molar-refractivity contribution in [2.24, 2.45) is 0 Å². The Morgan fingerprint density at radius 1 is 1.03 bits per heavy atom. The molecule has 3 aliphatic heterocycles. The largest absolute Gasteiger partial charge is 0.454 e. The number of aryl methyl sites for hydroxylation is 1. The highest BCUT2D eigenvalue weighted by Crippen LogP contribution is 2.38. The maximum absolute atomic E-state index is 13.3. The standard InChI is InChI=1S/C27H28F3N3O4/c28-27(29,30)18-5-6-21-20(15-18)31-26(23-2-1-13-35-23)33(21)19-9-11-32(12-10-19)25(34)8-4-17-3-7-22-24(14-17)37-16-36-22/h3,5-7,14-15,19,23H,1-2,4,8-13,16H2. The summed E-state index contributed by atoms with van der Waals surface area (Å²) in [6, 6.07) is 9.54. The number of carbonyl (C=O) groups excluding carboxylic acids is 1. The van der Waals surface area contributed by atoms with E-state index in [-0.39, 0.29) is 24.8 Å². The van der Waals surface area contributed by atoms with Crippen LogP contribution in [0.2, 0.25) is 0 Å². The molecule has 0 aliphatic carbocycles. The van der Waals surface area contributed by atoms with Gasteiger partial charge in [0.25, 0.3) is 0 Å². The van der Waals surface area contributed by atoms with Gasteiger partial charge < -0.3 is 23.7 Å². The average Bonchev–Trinajstić information content (AvgIpc) is 3.65. The molecule has 4 heterocycles. The lowest BCUT2D eigenvalue weighted by Gasteiger charge is -2.34. The highest BCUT2D eigenvalue weighted by molar-refractivity contribution is 5.78. The van der Waals surface area contributed by atoms with Crippen LogP contribution in [0.15, 0.2) is 36.4 Å². The van der Waals surface area contributed by atoms with Crippen molar-refractivity contribution < 1.29 is 32.2 Å². The first-order valence-corrected chi connectivity index (χ1v) is 12.7. The molecular weight excluding hydrogens is 487 g/mol. The van der Waals surface area contributed by atoms with E-state index in [0.29, 0.717) is 68.0 Å². The quantitative estimate of drug-likeness (QED) is 0.453. The summed E-state index contributed by atoms with van der Waals surface area (Å²) in [6.07, 6.45) is -0.502. The zero-order valence-electron chi connectivity index (χ0n) is 20.3. The van der Waals surface area contributed by atoms with Crippen molar-refractivity contribution in [1.29, 1.82) is 0 Å². The number of ether oxygens (including phenoxy) is 3. The number of likely N-dealkylation sites (tertiary alicyclic amines) is 1. The van der Waals surface area contributed by atoms with E-state index in [1.165, 1.54) is 6.07 Å². The molecule has 3 aliphatic rings. The predicted octanol–water partition coefficient (Wildman–Crippen LogP) is 5.43. The van der Waals surface area contributed by atoms with Gasteiger partial charge in [0.05, 0.1) is 16.6 Å². The van der Waals surface area contributed by atoms with Gasteiger partial charge in [0.1, 0.15) is 11.9 Å². The maximum atomic E-state index is 13.3. The molecule has 2 fully saturated rings. The molecule has 0 N–H and O–H groups in total. The Hall–Kier alpha value is -3.27. The lowest BCUT2D eigenvalue weighted by atomic mass is 10.0. The Balaban J connectivity index is 1.15. The third-order valence-corrected chi connectivity index (χ3v) is 7.51. The number of hydrogen-bond acceptors (Lipinski definition) is 5. The van der Waals surface area contributed by atoms with Crippen LogP contribution in [0.25, 0.3) is 11.0 Å². The zero-order chi connectivity index (χ0) is 25.6. The molecule has 0 spiro atoms. The number of imidazole rings is 1. The first-order valence-electron chi connectivity index (χ1n) is 12.7. The minimum Gasteiger partial charge on any atom is -0.454 e. The van der Waals surface area contributed by atoms with Gasteiger partial charge in [-0.3, -0.25) is 4.79 Å². The average molecular weight is 516 g/mol. The summed E-state index contributed by atoms with van der Waals surface area (Å²) >= 11 is 0. The molecular formula is C27H28F3N3O4. The molecule has 0 saturated carbocycles. The highest BCUT2D eigenvalue weighted by Gasteiger charge is 2.34. The molecule has 2 aromatic carbocycles. The molecule has 37 heavy (non-hydrogen) atoms. The van der Waals surface area contributed by atoms with Gasteiger partial charge in [-0.05, 0) is 68.0 Å². The van der Waals surface area contributed by atoms with Gasteiger partial charge in [-0.15, -0.1) is 0 Å². The van der Waals surface area contributed by atoms with E-state index in [9.17, 15) is 18.0 Å². The maximum Gasteiger partial charge on any atom is 0.416 e. The molecule has 1 amide bonds. The summed E-state index contributed by atoms with van der Waals surface area (Å²) in [5, 5.41) is 0. The van der Waals surface area contributed by atoms with Crippen LogP contribution in [0.3, 0.4) is 0 Å². The first kappa shape index (κ1) is 24.1. The van der Waals surface area contributed by atoms with Crippen molar-refractivity contribution in [3.8, 4) is 11.5 Å². The van der Waals surface area contributed by atoms with Crippen molar-refractivity contribution in [3.63, 3.8) is 0 Å².